The minimum atomic E-state index is -0.851. The van der Waals surface area contributed by atoms with Crippen LogP contribution in [0.4, 0.5) is 4.39 Å². The summed E-state index contributed by atoms with van der Waals surface area (Å²) in [4.78, 5) is 25.3. The molecule has 3 aromatic carbocycles. The molecular formula is C28H28BrClFN3O4. The van der Waals surface area contributed by atoms with Crippen molar-refractivity contribution in [3.63, 3.8) is 0 Å². The molecule has 1 unspecified atom stereocenters. The van der Waals surface area contributed by atoms with Crippen LogP contribution in [0.15, 0.2) is 70.2 Å². The minimum Gasteiger partial charge on any atom is -0.490 e. The van der Waals surface area contributed by atoms with Gasteiger partial charge in [-0.1, -0.05) is 43.6 Å². The van der Waals surface area contributed by atoms with Gasteiger partial charge in [0.15, 0.2) is 11.5 Å². The molecule has 38 heavy (non-hydrogen) atoms. The standard InChI is InChI=1S/C28H28BrClFN3O4/c1-4-37-24-14-18(13-22(29)26(24)38-16-20-7-5-6-8-23(20)30)15-32-34-28(36)25(17(2)3)33-27(35)19-9-11-21(31)12-10-19/h5-15,17,25H,4,16H2,1-3H3,(H,33,35)(H,34,36)/b32-15+. The number of halogens is 3. The van der Waals surface area contributed by atoms with Crippen LogP contribution < -0.4 is 20.2 Å². The molecule has 10 heteroatoms. The van der Waals surface area contributed by atoms with Gasteiger partial charge in [0.05, 0.1) is 17.3 Å². The molecule has 0 aliphatic heterocycles. The average Bonchev–Trinajstić information content (AvgIpc) is 2.88. The third kappa shape index (κ3) is 8.03. The van der Waals surface area contributed by atoms with Gasteiger partial charge in [-0.3, -0.25) is 9.59 Å². The summed E-state index contributed by atoms with van der Waals surface area (Å²) >= 11 is 9.75. The zero-order chi connectivity index (χ0) is 27.7. The number of hydrogen-bond donors (Lipinski definition) is 2. The molecule has 1 atom stereocenters. The number of hydrazone groups is 1. The number of hydrogen-bond acceptors (Lipinski definition) is 5. The molecule has 0 aliphatic carbocycles. The van der Waals surface area contributed by atoms with E-state index in [4.69, 9.17) is 21.1 Å². The molecule has 0 aliphatic rings. The first-order chi connectivity index (χ1) is 18.2. The molecule has 0 saturated carbocycles. The Hall–Kier alpha value is -3.43. The van der Waals surface area contributed by atoms with Crippen LogP contribution in [0.5, 0.6) is 11.5 Å². The zero-order valence-electron chi connectivity index (χ0n) is 21.1. The quantitative estimate of drug-likeness (QED) is 0.204. The highest BCUT2D eigenvalue weighted by Crippen LogP contribution is 2.37. The monoisotopic (exact) mass is 603 g/mol. The molecule has 3 rings (SSSR count). The summed E-state index contributed by atoms with van der Waals surface area (Å²) in [6.45, 7) is 6.12. The van der Waals surface area contributed by atoms with Crippen LogP contribution in [0, 0.1) is 11.7 Å². The van der Waals surface area contributed by atoms with Gasteiger partial charge in [0, 0.05) is 16.1 Å². The van der Waals surface area contributed by atoms with Gasteiger partial charge in [0.1, 0.15) is 18.5 Å². The zero-order valence-corrected chi connectivity index (χ0v) is 23.5. The van der Waals surface area contributed by atoms with Crippen LogP contribution in [-0.2, 0) is 11.4 Å². The number of carbonyl (C=O) groups is 2. The van der Waals surface area contributed by atoms with E-state index < -0.39 is 23.7 Å². The van der Waals surface area contributed by atoms with Gasteiger partial charge in [-0.25, -0.2) is 9.82 Å². The Bertz CT molecular complexity index is 1300. The first-order valence-corrected chi connectivity index (χ1v) is 13.1. The number of carbonyl (C=O) groups excluding carboxylic acids is 2. The normalized spacial score (nSPS) is 11.9. The maximum atomic E-state index is 13.2. The van der Waals surface area contributed by atoms with Crippen LogP contribution >= 0.6 is 27.5 Å². The molecule has 2 N–H and O–H groups in total. The van der Waals surface area contributed by atoms with E-state index >= 15 is 0 Å². The van der Waals surface area contributed by atoms with E-state index in [1.54, 1.807) is 32.0 Å². The first-order valence-electron chi connectivity index (χ1n) is 11.9. The van der Waals surface area contributed by atoms with Crippen LogP contribution in [0.25, 0.3) is 0 Å². The molecular weight excluding hydrogens is 577 g/mol. The van der Waals surface area contributed by atoms with E-state index in [0.29, 0.717) is 33.2 Å². The number of benzene rings is 3. The first kappa shape index (κ1) is 29.1. The molecule has 2 amide bonds. The molecule has 200 valence electrons. The van der Waals surface area contributed by atoms with Gasteiger partial charge < -0.3 is 14.8 Å². The summed E-state index contributed by atoms with van der Waals surface area (Å²) < 4.78 is 25.5. The maximum Gasteiger partial charge on any atom is 0.262 e. The molecule has 0 radical (unpaired) electrons. The van der Waals surface area contributed by atoms with Crippen molar-refractivity contribution in [3.8, 4) is 11.5 Å². The Morgan fingerprint density at radius 1 is 1.11 bits per heavy atom. The van der Waals surface area contributed by atoms with Crippen molar-refractivity contribution in [1.82, 2.24) is 10.7 Å². The highest BCUT2D eigenvalue weighted by Gasteiger charge is 2.24. The molecule has 0 aromatic heterocycles. The van der Waals surface area contributed by atoms with Gasteiger partial charge in [-0.15, -0.1) is 0 Å². The van der Waals surface area contributed by atoms with Crippen molar-refractivity contribution < 1.29 is 23.5 Å². The second-order valence-corrected chi connectivity index (χ2v) is 9.84. The summed E-state index contributed by atoms with van der Waals surface area (Å²) in [6.07, 6.45) is 1.46. The van der Waals surface area contributed by atoms with Gasteiger partial charge in [0.25, 0.3) is 11.8 Å². The Morgan fingerprint density at radius 3 is 2.47 bits per heavy atom. The van der Waals surface area contributed by atoms with Crippen LogP contribution in [0.1, 0.15) is 42.3 Å². The predicted molar refractivity (Wildman–Crippen MR) is 149 cm³/mol. The number of nitrogens with one attached hydrogen (secondary N) is 2. The van der Waals surface area contributed by atoms with Crippen LogP contribution in [-0.4, -0.2) is 30.7 Å². The molecule has 0 fully saturated rings. The second-order valence-electron chi connectivity index (χ2n) is 8.58. The van der Waals surface area contributed by atoms with Gasteiger partial charge in [-0.2, -0.15) is 5.10 Å². The maximum absolute atomic E-state index is 13.2. The number of amides is 2. The lowest BCUT2D eigenvalue weighted by molar-refractivity contribution is -0.123. The smallest absolute Gasteiger partial charge is 0.262 e. The fourth-order valence-electron chi connectivity index (χ4n) is 3.43. The molecule has 0 heterocycles. The Balaban J connectivity index is 1.69. The van der Waals surface area contributed by atoms with E-state index in [2.05, 4.69) is 31.8 Å². The van der Waals surface area contributed by atoms with E-state index in [-0.39, 0.29) is 18.1 Å². The SMILES string of the molecule is CCOc1cc(/C=N/NC(=O)C(NC(=O)c2ccc(F)cc2)C(C)C)cc(Br)c1OCc1ccccc1Cl. The molecule has 3 aromatic rings. The lowest BCUT2D eigenvalue weighted by Crippen LogP contribution is -2.48. The largest absolute Gasteiger partial charge is 0.490 e. The summed E-state index contributed by atoms with van der Waals surface area (Å²) in [7, 11) is 0. The van der Waals surface area contributed by atoms with Crippen molar-refractivity contribution in [2.45, 2.75) is 33.4 Å². The number of ether oxygens (including phenoxy) is 2. The summed E-state index contributed by atoms with van der Waals surface area (Å²) in [5.41, 5.74) is 4.20. The summed E-state index contributed by atoms with van der Waals surface area (Å²) in [6, 6.07) is 15.2. The molecule has 0 spiro atoms. The Labute approximate surface area is 234 Å². The predicted octanol–water partition coefficient (Wildman–Crippen LogP) is 6.12. The van der Waals surface area contributed by atoms with Crippen molar-refractivity contribution in [3.05, 3.63) is 92.7 Å². The van der Waals surface area contributed by atoms with Gasteiger partial charge in [0.2, 0.25) is 0 Å². The Kier molecular flexibility index (Phi) is 10.7. The minimum absolute atomic E-state index is 0.220. The van der Waals surface area contributed by atoms with E-state index in [9.17, 15) is 14.0 Å². The van der Waals surface area contributed by atoms with Gasteiger partial charge >= 0.3 is 0 Å². The number of rotatable bonds is 11. The van der Waals surface area contributed by atoms with Crippen molar-refractivity contribution >= 4 is 45.6 Å². The molecule has 7 nitrogen and oxygen atoms in total. The number of nitrogens with zero attached hydrogens (tertiary/aromatic N) is 1. The molecule has 0 bridgehead atoms. The summed E-state index contributed by atoms with van der Waals surface area (Å²) in [5.74, 6) is -0.642. The lowest BCUT2D eigenvalue weighted by atomic mass is 10.0. The van der Waals surface area contributed by atoms with Crippen molar-refractivity contribution in [2.75, 3.05) is 6.61 Å². The molecule has 0 saturated heterocycles. The fourth-order valence-corrected chi connectivity index (χ4v) is 4.20. The van der Waals surface area contributed by atoms with E-state index in [0.717, 1.165) is 5.56 Å². The topological polar surface area (TPSA) is 89.0 Å². The van der Waals surface area contributed by atoms with E-state index in [1.807, 2.05) is 25.1 Å². The van der Waals surface area contributed by atoms with Crippen LogP contribution in [0.2, 0.25) is 5.02 Å². The third-order valence-corrected chi connectivity index (χ3v) is 6.35. The van der Waals surface area contributed by atoms with Crippen molar-refractivity contribution in [2.24, 2.45) is 11.0 Å². The fraction of sp³-hybridized carbons (Fsp3) is 0.250. The Morgan fingerprint density at radius 2 is 1.82 bits per heavy atom. The van der Waals surface area contributed by atoms with E-state index in [1.165, 1.54) is 30.5 Å². The second kappa shape index (κ2) is 13.9. The third-order valence-electron chi connectivity index (χ3n) is 5.39. The van der Waals surface area contributed by atoms with Crippen LogP contribution in [0.3, 0.4) is 0 Å². The average molecular weight is 605 g/mol. The van der Waals surface area contributed by atoms with Gasteiger partial charge in [-0.05, 0) is 76.8 Å². The highest BCUT2D eigenvalue weighted by atomic mass is 79.9. The highest BCUT2D eigenvalue weighted by molar-refractivity contribution is 9.10. The van der Waals surface area contributed by atoms with Crippen molar-refractivity contribution in [1.29, 1.82) is 0 Å². The lowest BCUT2D eigenvalue weighted by Gasteiger charge is -2.20. The summed E-state index contributed by atoms with van der Waals surface area (Å²) in [5, 5.41) is 7.33.